The van der Waals surface area contributed by atoms with E-state index in [-0.39, 0.29) is 5.92 Å². The second-order valence-electron chi connectivity index (χ2n) is 3.56. The molecule has 4 heteroatoms. The van der Waals surface area contributed by atoms with Gasteiger partial charge in [-0.25, -0.2) is 0 Å². The molecule has 0 heterocycles. The molecule has 0 bridgehead atoms. The molecule has 2 N–H and O–H groups in total. The summed E-state index contributed by atoms with van der Waals surface area (Å²) in [6.45, 7) is 6.77. The quantitative estimate of drug-likeness (QED) is 0.611. The molecule has 0 aliphatic heterocycles. The van der Waals surface area contributed by atoms with E-state index < -0.39 is 12.0 Å². The van der Waals surface area contributed by atoms with E-state index in [0.29, 0.717) is 0 Å². The Morgan fingerprint density at radius 1 is 1.50 bits per heavy atom. The second kappa shape index (κ2) is 8.12. The predicted octanol–water partition coefficient (Wildman–Crippen LogP) is 1.83. The monoisotopic (exact) mass is 219 g/mol. The summed E-state index contributed by atoms with van der Waals surface area (Å²) in [5.74, 6) is 1.63. The summed E-state index contributed by atoms with van der Waals surface area (Å²) in [5, 5.41) is 11.9. The number of hydrogen-bond donors (Lipinski definition) is 2. The third-order valence-electron chi connectivity index (χ3n) is 1.97. The van der Waals surface area contributed by atoms with Crippen molar-refractivity contribution in [2.24, 2.45) is 5.92 Å². The lowest BCUT2D eigenvalue weighted by Crippen LogP contribution is -2.41. The summed E-state index contributed by atoms with van der Waals surface area (Å²) in [4.78, 5) is 10.8. The molecule has 0 radical (unpaired) electrons. The molecule has 0 aliphatic rings. The highest BCUT2D eigenvalue weighted by Crippen LogP contribution is 2.03. The first-order valence-corrected chi connectivity index (χ1v) is 6.29. The maximum atomic E-state index is 10.8. The van der Waals surface area contributed by atoms with Crippen molar-refractivity contribution in [1.82, 2.24) is 5.32 Å². The van der Waals surface area contributed by atoms with Gasteiger partial charge in [-0.05, 0) is 30.4 Å². The lowest BCUT2D eigenvalue weighted by molar-refractivity contribution is -0.140. The zero-order valence-electron chi connectivity index (χ0n) is 9.25. The zero-order chi connectivity index (χ0) is 11.0. The fraction of sp³-hybridized carbons (Fsp3) is 0.900. The molecule has 0 aromatic rings. The van der Waals surface area contributed by atoms with Gasteiger partial charge in [0.15, 0.2) is 0 Å². The summed E-state index contributed by atoms with van der Waals surface area (Å²) >= 11 is 1.89. The van der Waals surface area contributed by atoms with Crippen LogP contribution in [0.5, 0.6) is 0 Å². The molecular formula is C10H21NO2S. The smallest absolute Gasteiger partial charge is 0.320 e. The molecule has 0 aliphatic carbocycles. The first kappa shape index (κ1) is 13.8. The van der Waals surface area contributed by atoms with Crippen LogP contribution in [-0.2, 0) is 4.79 Å². The molecule has 0 spiro atoms. The number of nitrogens with one attached hydrogen (secondary N) is 1. The number of thioether (sulfide) groups is 1. The summed E-state index contributed by atoms with van der Waals surface area (Å²) in [6.07, 6.45) is 1.04. The van der Waals surface area contributed by atoms with Crippen molar-refractivity contribution in [3.8, 4) is 0 Å². The van der Waals surface area contributed by atoms with Crippen LogP contribution < -0.4 is 5.32 Å². The average Bonchev–Trinajstić information content (AvgIpc) is 2.09. The Balaban J connectivity index is 3.57. The van der Waals surface area contributed by atoms with Crippen molar-refractivity contribution in [3.05, 3.63) is 0 Å². The minimum absolute atomic E-state index is 0.145. The van der Waals surface area contributed by atoms with Crippen molar-refractivity contribution < 1.29 is 9.90 Å². The van der Waals surface area contributed by atoms with Gasteiger partial charge in [-0.15, -0.1) is 0 Å². The minimum atomic E-state index is -0.747. The first-order valence-electron chi connectivity index (χ1n) is 5.13. The van der Waals surface area contributed by atoms with Crippen molar-refractivity contribution >= 4 is 17.7 Å². The Morgan fingerprint density at radius 3 is 2.57 bits per heavy atom. The minimum Gasteiger partial charge on any atom is -0.480 e. The lowest BCUT2D eigenvalue weighted by Gasteiger charge is -2.17. The standard InChI is InChI=1S/C10H21NO2S/c1-4-14-7-5-6-11-9(8(2)3)10(12)13/h8-9,11H,4-7H2,1-3H3,(H,12,13). The molecule has 3 nitrogen and oxygen atoms in total. The van der Waals surface area contributed by atoms with E-state index in [2.05, 4.69) is 12.2 Å². The molecule has 0 rings (SSSR count). The van der Waals surface area contributed by atoms with Gasteiger partial charge >= 0.3 is 5.97 Å². The van der Waals surface area contributed by atoms with Crippen LogP contribution in [-0.4, -0.2) is 35.2 Å². The van der Waals surface area contributed by atoms with E-state index in [9.17, 15) is 4.79 Å². The molecule has 0 saturated heterocycles. The normalized spacial score (nSPS) is 13.1. The zero-order valence-corrected chi connectivity index (χ0v) is 10.1. The number of carboxylic acids is 1. The van der Waals surface area contributed by atoms with Crippen LogP contribution in [0.1, 0.15) is 27.2 Å². The van der Waals surface area contributed by atoms with Crippen molar-refractivity contribution in [2.75, 3.05) is 18.1 Å². The molecule has 1 atom stereocenters. The molecular weight excluding hydrogens is 198 g/mol. The molecule has 0 fully saturated rings. The van der Waals surface area contributed by atoms with Gasteiger partial charge in [0.2, 0.25) is 0 Å². The average molecular weight is 219 g/mol. The van der Waals surface area contributed by atoms with Crippen LogP contribution in [0.3, 0.4) is 0 Å². The fourth-order valence-corrected chi connectivity index (χ4v) is 1.82. The Hall–Kier alpha value is -0.220. The Labute approximate surface area is 90.7 Å². The lowest BCUT2D eigenvalue weighted by atomic mass is 10.1. The van der Waals surface area contributed by atoms with E-state index in [0.717, 1.165) is 24.5 Å². The van der Waals surface area contributed by atoms with Gasteiger partial charge in [0.05, 0.1) is 0 Å². The number of rotatable bonds is 8. The van der Waals surface area contributed by atoms with Crippen LogP contribution in [0.4, 0.5) is 0 Å². The number of carboxylic acid groups (broad SMARTS) is 1. The van der Waals surface area contributed by atoms with E-state index in [4.69, 9.17) is 5.11 Å². The van der Waals surface area contributed by atoms with Crippen LogP contribution >= 0.6 is 11.8 Å². The summed E-state index contributed by atoms with van der Waals surface area (Å²) in [6, 6.07) is -0.401. The highest BCUT2D eigenvalue weighted by atomic mass is 32.2. The van der Waals surface area contributed by atoms with Crippen LogP contribution in [0.2, 0.25) is 0 Å². The van der Waals surface area contributed by atoms with E-state index in [1.807, 2.05) is 25.6 Å². The Kier molecular flexibility index (Phi) is 7.99. The SMILES string of the molecule is CCSCCCNC(C(=O)O)C(C)C. The van der Waals surface area contributed by atoms with E-state index in [1.54, 1.807) is 0 Å². The van der Waals surface area contributed by atoms with Crippen LogP contribution in [0.25, 0.3) is 0 Å². The molecule has 14 heavy (non-hydrogen) atoms. The molecule has 0 saturated carbocycles. The third kappa shape index (κ3) is 6.27. The second-order valence-corrected chi connectivity index (χ2v) is 4.96. The van der Waals surface area contributed by atoms with Crippen molar-refractivity contribution in [3.63, 3.8) is 0 Å². The summed E-state index contributed by atoms with van der Waals surface area (Å²) in [7, 11) is 0. The topological polar surface area (TPSA) is 49.3 Å². The summed E-state index contributed by atoms with van der Waals surface area (Å²) < 4.78 is 0. The molecule has 1 unspecified atom stereocenters. The van der Waals surface area contributed by atoms with E-state index in [1.165, 1.54) is 0 Å². The fourth-order valence-electron chi connectivity index (χ4n) is 1.18. The molecule has 0 amide bonds. The van der Waals surface area contributed by atoms with Gasteiger partial charge < -0.3 is 10.4 Å². The summed E-state index contributed by atoms with van der Waals surface area (Å²) in [5.41, 5.74) is 0. The molecule has 0 aromatic carbocycles. The van der Waals surface area contributed by atoms with Gasteiger partial charge in [0, 0.05) is 0 Å². The molecule has 0 aromatic heterocycles. The van der Waals surface area contributed by atoms with Gasteiger partial charge in [0.1, 0.15) is 6.04 Å². The Morgan fingerprint density at radius 2 is 2.14 bits per heavy atom. The highest BCUT2D eigenvalue weighted by molar-refractivity contribution is 7.99. The van der Waals surface area contributed by atoms with Crippen molar-refractivity contribution in [1.29, 1.82) is 0 Å². The van der Waals surface area contributed by atoms with Crippen LogP contribution in [0, 0.1) is 5.92 Å². The van der Waals surface area contributed by atoms with Gasteiger partial charge in [-0.1, -0.05) is 20.8 Å². The highest BCUT2D eigenvalue weighted by Gasteiger charge is 2.19. The van der Waals surface area contributed by atoms with Gasteiger partial charge in [-0.2, -0.15) is 11.8 Å². The largest absolute Gasteiger partial charge is 0.480 e. The first-order chi connectivity index (χ1) is 6.59. The van der Waals surface area contributed by atoms with Crippen molar-refractivity contribution in [2.45, 2.75) is 33.2 Å². The predicted molar refractivity (Wildman–Crippen MR) is 61.9 cm³/mol. The van der Waals surface area contributed by atoms with Crippen LogP contribution in [0.15, 0.2) is 0 Å². The number of hydrogen-bond acceptors (Lipinski definition) is 3. The number of aliphatic carboxylic acids is 1. The number of carbonyl (C=O) groups is 1. The molecule has 84 valence electrons. The maximum absolute atomic E-state index is 10.8. The van der Waals surface area contributed by atoms with Gasteiger partial charge in [-0.3, -0.25) is 4.79 Å². The maximum Gasteiger partial charge on any atom is 0.320 e. The van der Waals surface area contributed by atoms with E-state index >= 15 is 0 Å². The Bertz CT molecular complexity index is 162. The third-order valence-corrected chi connectivity index (χ3v) is 2.95. The van der Waals surface area contributed by atoms with Gasteiger partial charge in [0.25, 0.3) is 0 Å².